The van der Waals surface area contributed by atoms with Crippen molar-refractivity contribution in [1.82, 2.24) is 4.90 Å². The van der Waals surface area contributed by atoms with Gasteiger partial charge in [-0.1, -0.05) is 43.3 Å². The van der Waals surface area contributed by atoms with Crippen LogP contribution in [-0.2, 0) is 47.5 Å². The maximum Gasteiger partial charge on any atom is 0.306 e. The summed E-state index contributed by atoms with van der Waals surface area (Å²) in [6, 6.07) is 0.330. The lowest BCUT2D eigenvalue weighted by atomic mass is 9.67. The lowest BCUT2D eigenvalue weighted by Gasteiger charge is -2.44. The van der Waals surface area contributed by atoms with E-state index in [2.05, 4.69) is 51.9 Å². The number of thioether (sulfide) groups is 1. The minimum atomic E-state index is -0.709. The first-order chi connectivity index (χ1) is 26.8. The number of hydrogen-bond donors (Lipinski definition) is 0. The maximum absolute atomic E-state index is 14.8. The van der Waals surface area contributed by atoms with E-state index in [0.717, 1.165) is 50.5 Å². The lowest BCUT2D eigenvalue weighted by Crippen LogP contribution is -2.60. The van der Waals surface area contributed by atoms with Crippen LogP contribution in [0.2, 0.25) is 0 Å². The molecule has 1 saturated carbocycles. The third-order valence-corrected chi connectivity index (χ3v) is 14.8. The molecule has 0 aromatic heterocycles. The van der Waals surface area contributed by atoms with E-state index in [-0.39, 0.29) is 96.6 Å². The van der Waals surface area contributed by atoms with Crippen LogP contribution in [0.1, 0.15) is 92.4 Å². The molecule has 4 fully saturated rings. The van der Waals surface area contributed by atoms with Crippen molar-refractivity contribution in [3.63, 3.8) is 0 Å². The molecule has 0 bridgehead atoms. The molecule has 3 saturated heterocycles. The molecule has 13 heteroatoms. The van der Waals surface area contributed by atoms with Crippen LogP contribution < -0.4 is 0 Å². The largest absolute Gasteiger partial charge is 0.467 e. The summed E-state index contributed by atoms with van der Waals surface area (Å²) in [7, 11) is 7.47. The molecule has 0 radical (unpaired) electrons. The van der Waals surface area contributed by atoms with Gasteiger partial charge in [-0.3, -0.25) is 9.59 Å². The highest BCUT2D eigenvalue weighted by Gasteiger charge is 2.54. The fraction of sp³-hybridized carbons (Fsp3) is 0.837. The Kier molecular flexibility index (Phi) is 15.2. The van der Waals surface area contributed by atoms with Crippen molar-refractivity contribution in [1.29, 1.82) is 0 Å². The summed E-state index contributed by atoms with van der Waals surface area (Å²) >= 11 is 6.83. The summed E-state index contributed by atoms with van der Waals surface area (Å²) in [5, 5.41) is 0. The van der Waals surface area contributed by atoms with E-state index >= 15 is 0 Å². The minimum Gasteiger partial charge on any atom is -0.467 e. The predicted octanol–water partition coefficient (Wildman–Crippen LogP) is 6.90. The molecule has 3 heterocycles. The molecule has 0 aromatic rings. The standard InChI is InChI=1S/C43H67NO10S2/c1-11-26-13-12-14-35(53-37-16-15-34(44(6)7)24(4)49-37)23(3)38(46)33-20-31-29(32(33)21-36(45)51-26)17-22(2)28-18-27(19-30(28)31)52-42-41(54-43(55)56-10)40(48-9)39(47-8)25(5)50-42/h17,20,23-32,34-35,37,39-42H,11-16,18-19,21H2,1-10H3/t23-,24+,25-,26+,27+,28-,29+,30+,31+,32-,34-,35-,37-,39-,40+,41+,42-/m0/s1. The van der Waals surface area contributed by atoms with E-state index in [4.69, 9.17) is 50.1 Å². The van der Waals surface area contributed by atoms with Crippen LogP contribution in [0.25, 0.3) is 0 Å². The smallest absolute Gasteiger partial charge is 0.306 e. The average molecular weight is 822 g/mol. The summed E-state index contributed by atoms with van der Waals surface area (Å²) in [5.74, 6) is -0.177. The quantitative estimate of drug-likeness (QED) is 0.137. The van der Waals surface area contributed by atoms with Gasteiger partial charge in [-0.2, -0.15) is 0 Å². The second-order valence-electron chi connectivity index (χ2n) is 17.3. The molecular weight excluding hydrogens is 755 g/mol. The van der Waals surface area contributed by atoms with Crippen molar-refractivity contribution in [2.45, 2.75) is 160 Å². The fourth-order valence-corrected chi connectivity index (χ4v) is 11.1. The molecule has 17 atom stereocenters. The van der Waals surface area contributed by atoms with Gasteiger partial charge < -0.3 is 42.8 Å². The molecule has 6 aliphatic rings. The van der Waals surface area contributed by atoms with Crippen LogP contribution >= 0.6 is 24.0 Å². The number of nitrogens with zero attached hydrogens (tertiary/aromatic N) is 1. The van der Waals surface area contributed by atoms with Gasteiger partial charge in [0.05, 0.1) is 30.8 Å². The highest BCUT2D eigenvalue weighted by atomic mass is 32.2. The molecule has 6 rings (SSSR count). The number of likely N-dealkylation sites (N-methyl/N-ethyl adjacent to an activating group) is 1. The number of ether oxygens (including phenoxy) is 8. The topological polar surface area (TPSA) is 111 Å². The second kappa shape index (κ2) is 19.3. The van der Waals surface area contributed by atoms with Gasteiger partial charge in [0.2, 0.25) is 4.38 Å². The van der Waals surface area contributed by atoms with E-state index in [1.807, 2.05) is 20.1 Å². The number of fused-ring (bicyclic) bond motifs is 5. The number of hydrogen-bond acceptors (Lipinski definition) is 13. The molecule has 3 aliphatic heterocycles. The van der Waals surface area contributed by atoms with Gasteiger partial charge in [-0.15, -0.1) is 0 Å². The van der Waals surface area contributed by atoms with Crippen molar-refractivity contribution in [2.24, 2.45) is 35.5 Å². The first-order valence-electron chi connectivity index (χ1n) is 21.0. The Morgan fingerprint density at radius 1 is 0.911 bits per heavy atom. The van der Waals surface area contributed by atoms with Crippen molar-refractivity contribution >= 4 is 40.1 Å². The average Bonchev–Trinajstić information content (AvgIpc) is 3.75. The van der Waals surface area contributed by atoms with Gasteiger partial charge in [-0.05, 0) is 134 Å². The molecule has 316 valence electrons. The Morgan fingerprint density at radius 3 is 2.32 bits per heavy atom. The molecule has 0 unspecified atom stereocenters. The number of cyclic esters (lactones) is 1. The minimum absolute atomic E-state index is 0.0166. The second-order valence-corrected chi connectivity index (χ2v) is 18.7. The Balaban J connectivity index is 1.24. The fourth-order valence-electron chi connectivity index (χ4n) is 10.8. The van der Waals surface area contributed by atoms with Gasteiger partial charge in [0, 0.05) is 32.1 Å². The lowest BCUT2D eigenvalue weighted by molar-refractivity contribution is -0.306. The first-order valence-corrected chi connectivity index (χ1v) is 22.6. The van der Waals surface area contributed by atoms with Gasteiger partial charge >= 0.3 is 5.97 Å². The van der Waals surface area contributed by atoms with E-state index in [1.165, 1.54) is 17.3 Å². The maximum atomic E-state index is 14.8. The Morgan fingerprint density at radius 2 is 1.66 bits per heavy atom. The zero-order chi connectivity index (χ0) is 40.4. The molecular formula is C43H67NO10S2. The summed E-state index contributed by atoms with van der Waals surface area (Å²) in [5.41, 5.74) is 2.04. The monoisotopic (exact) mass is 821 g/mol. The molecule has 0 amide bonds. The number of esters is 1. The highest BCUT2D eigenvalue weighted by Crippen LogP contribution is 2.56. The zero-order valence-corrected chi connectivity index (χ0v) is 36.8. The number of methoxy groups -OCH3 is 2. The molecule has 0 N–H and O–H groups in total. The molecule has 3 aliphatic carbocycles. The predicted molar refractivity (Wildman–Crippen MR) is 219 cm³/mol. The third kappa shape index (κ3) is 9.46. The summed E-state index contributed by atoms with van der Waals surface area (Å²) < 4.78 is 50.8. The van der Waals surface area contributed by atoms with Gasteiger partial charge in [0.25, 0.3) is 0 Å². The number of thiocarbonyl (C=S) groups is 1. The van der Waals surface area contributed by atoms with Crippen LogP contribution in [0.15, 0.2) is 23.3 Å². The summed E-state index contributed by atoms with van der Waals surface area (Å²) in [6.07, 6.45) is 9.66. The Hall–Kier alpha value is -1.42. The SMILES string of the molecule is CC[C@@H]1CCC[C@H](O[C@H]2CC[C@H](N(C)C)[C@@H](C)O2)[C@H](C)C(=O)C2=C[C@@H]3[C@@H](C=C(C)[C@@H]4C[C@@H](O[C@@H]5O[C@@H](C)[C@H](OC)[C@@H](OC)[C@H]5OC(=S)SC)C[C@@H]34)[C@@H]2CC(=O)O1. The molecule has 11 nitrogen and oxygen atoms in total. The number of carbonyl (C=O) groups excluding carboxylic acids is 2. The van der Waals surface area contributed by atoms with Crippen molar-refractivity contribution < 1.29 is 47.5 Å². The van der Waals surface area contributed by atoms with Crippen LogP contribution in [0, 0.1) is 35.5 Å². The third-order valence-electron chi connectivity index (χ3n) is 13.8. The molecule has 0 aromatic carbocycles. The highest BCUT2D eigenvalue weighted by molar-refractivity contribution is 8.22. The van der Waals surface area contributed by atoms with Crippen LogP contribution in [0.5, 0.6) is 0 Å². The summed E-state index contributed by atoms with van der Waals surface area (Å²) in [6.45, 7) is 10.3. The summed E-state index contributed by atoms with van der Waals surface area (Å²) in [4.78, 5) is 30.7. The number of rotatable bonds is 9. The molecule has 0 spiro atoms. The van der Waals surface area contributed by atoms with Gasteiger partial charge in [0.15, 0.2) is 24.5 Å². The van der Waals surface area contributed by atoms with Gasteiger partial charge in [0.1, 0.15) is 18.3 Å². The van der Waals surface area contributed by atoms with Crippen molar-refractivity contribution in [2.75, 3.05) is 34.6 Å². The van der Waals surface area contributed by atoms with Crippen LogP contribution in [0.4, 0.5) is 0 Å². The Labute approximate surface area is 344 Å². The van der Waals surface area contributed by atoms with E-state index in [1.54, 1.807) is 14.2 Å². The van der Waals surface area contributed by atoms with Gasteiger partial charge in [-0.25, -0.2) is 0 Å². The number of allylic oxidation sites excluding steroid dienone is 4. The van der Waals surface area contributed by atoms with Crippen LogP contribution in [0.3, 0.4) is 0 Å². The van der Waals surface area contributed by atoms with Crippen molar-refractivity contribution in [3.8, 4) is 0 Å². The first kappa shape index (κ1) is 44.1. The van der Waals surface area contributed by atoms with Crippen molar-refractivity contribution in [3.05, 3.63) is 23.3 Å². The van der Waals surface area contributed by atoms with Crippen LogP contribution in [-0.4, -0.2) is 123 Å². The number of ketones is 1. The zero-order valence-electron chi connectivity index (χ0n) is 35.2. The Bertz CT molecular complexity index is 1460. The van der Waals surface area contributed by atoms with E-state index < -0.39 is 18.5 Å². The van der Waals surface area contributed by atoms with E-state index in [0.29, 0.717) is 16.8 Å². The normalized spacial score (nSPS) is 43.4. The number of carbonyl (C=O) groups is 2. The van der Waals surface area contributed by atoms with E-state index in [9.17, 15) is 9.59 Å². The number of Topliss-reactive ketones (excluding diaryl/α,β-unsaturated/α-hetero) is 1. The molecule has 56 heavy (non-hydrogen) atoms.